The molecule has 0 aliphatic carbocycles. The second kappa shape index (κ2) is 4.37. The average molecular weight is 233 g/mol. The summed E-state index contributed by atoms with van der Waals surface area (Å²) in [7, 11) is -2.89. The smallest absolute Gasteiger partial charge is 0.153 e. The van der Waals surface area contributed by atoms with Gasteiger partial charge in [-0.15, -0.1) is 0 Å². The summed E-state index contributed by atoms with van der Waals surface area (Å²) in [6.45, 7) is 3.82. The van der Waals surface area contributed by atoms with Crippen LogP contribution in [0.5, 0.6) is 0 Å². The second-order valence-corrected chi connectivity index (χ2v) is 6.60. The van der Waals surface area contributed by atoms with Gasteiger partial charge in [-0.05, 0) is 19.5 Å². The van der Waals surface area contributed by atoms with Crippen molar-refractivity contribution in [2.75, 3.05) is 37.7 Å². The van der Waals surface area contributed by atoms with Crippen LogP contribution in [0.3, 0.4) is 0 Å². The molecule has 2 rings (SSSR count). The molecule has 15 heavy (non-hydrogen) atoms. The molecule has 0 aromatic heterocycles. The molecule has 6 heteroatoms. The Balaban J connectivity index is 2.03. The van der Waals surface area contributed by atoms with E-state index in [0.717, 1.165) is 32.6 Å². The largest absolute Gasteiger partial charge is 0.325 e. The lowest BCUT2D eigenvalue weighted by Crippen LogP contribution is -2.48. The second-order valence-electron chi connectivity index (χ2n) is 4.45. The molecule has 0 saturated carbocycles. The van der Waals surface area contributed by atoms with Gasteiger partial charge in [0.15, 0.2) is 9.84 Å². The summed E-state index contributed by atoms with van der Waals surface area (Å²) in [4.78, 5) is 2.23. The van der Waals surface area contributed by atoms with Crippen molar-refractivity contribution in [1.82, 2.24) is 10.2 Å². The molecule has 2 saturated heterocycles. The lowest BCUT2D eigenvalue weighted by molar-refractivity contribution is 0.211. The van der Waals surface area contributed by atoms with Crippen LogP contribution in [0.1, 0.15) is 6.42 Å². The third-order valence-corrected chi connectivity index (χ3v) is 4.95. The minimum Gasteiger partial charge on any atom is -0.325 e. The zero-order valence-electron chi connectivity index (χ0n) is 8.85. The van der Waals surface area contributed by atoms with E-state index in [4.69, 9.17) is 5.73 Å². The molecule has 3 N–H and O–H groups in total. The third-order valence-electron chi connectivity index (χ3n) is 3.21. The molecule has 88 valence electrons. The van der Waals surface area contributed by atoms with Crippen molar-refractivity contribution in [2.24, 2.45) is 5.73 Å². The normalized spacial score (nSPS) is 37.7. The molecule has 0 bridgehead atoms. The minimum absolute atomic E-state index is 0.0369. The van der Waals surface area contributed by atoms with Crippen LogP contribution in [-0.2, 0) is 9.84 Å². The standard InChI is InChI=1S/C9H19N3O2S/c10-8-6-15(13,14)7-9(8)12-4-1-2-11-3-5-12/h8-9,11H,1-7,10H2. The molecular formula is C9H19N3O2S. The molecule has 2 fully saturated rings. The summed E-state index contributed by atoms with van der Waals surface area (Å²) in [6, 6.07) is -0.164. The molecule has 2 aliphatic heterocycles. The highest BCUT2D eigenvalue weighted by molar-refractivity contribution is 7.91. The molecule has 0 amide bonds. The highest BCUT2D eigenvalue weighted by atomic mass is 32.2. The van der Waals surface area contributed by atoms with Crippen LogP contribution >= 0.6 is 0 Å². The molecular weight excluding hydrogens is 214 g/mol. The topological polar surface area (TPSA) is 75.4 Å². The number of nitrogens with two attached hydrogens (primary N) is 1. The Morgan fingerprint density at radius 1 is 1.20 bits per heavy atom. The Morgan fingerprint density at radius 3 is 2.67 bits per heavy atom. The van der Waals surface area contributed by atoms with E-state index in [-0.39, 0.29) is 23.6 Å². The van der Waals surface area contributed by atoms with Gasteiger partial charge in [0.05, 0.1) is 11.5 Å². The van der Waals surface area contributed by atoms with E-state index in [9.17, 15) is 8.42 Å². The first kappa shape index (κ1) is 11.3. The number of hydrogen-bond donors (Lipinski definition) is 2. The Morgan fingerprint density at radius 2 is 2.00 bits per heavy atom. The average Bonchev–Trinajstić information content (AvgIpc) is 2.41. The molecule has 5 nitrogen and oxygen atoms in total. The predicted molar refractivity (Wildman–Crippen MR) is 59.5 cm³/mol. The van der Waals surface area contributed by atoms with E-state index in [0.29, 0.717) is 0 Å². The maximum atomic E-state index is 11.5. The molecule has 0 spiro atoms. The Bertz CT molecular complexity index is 309. The van der Waals surface area contributed by atoms with Gasteiger partial charge < -0.3 is 11.1 Å². The zero-order valence-corrected chi connectivity index (χ0v) is 9.67. The monoisotopic (exact) mass is 233 g/mol. The summed E-state index contributed by atoms with van der Waals surface area (Å²) in [6.07, 6.45) is 1.07. The van der Waals surface area contributed by atoms with Gasteiger partial charge >= 0.3 is 0 Å². The van der Waals surface area contributed by atoms with Crippen molar-refractivity contribution >= 4 is 9.84 Å². The van der Waals surface area contributed by atoms with E-state index in [1.54, 1.807) is 0 Å². The van der Waals surface area contributed by atoms with Crippen molar-refractivity contribution in [3.63, 3.8) is 0 Å². The van der Waals surface area contributed by atoms with E-state index in [2.05, 4.69) is 10.2 Å². The molecule has 2 atom stereocenters. The summed E-state index contributed by atoms with van der Waals surface area (Å²) in [5.41, 5.74) is 5.90. The Kier molecular flexibility index (Phi) is 3.30. The van der Waals surface area contributed by atoms with E-state index < -0.39 is 9.84 Å². The molecule has 0 aromatic carbocycles. The summed E-state index contributed by atoms with van der Waals surface area (Å²) < 4.78 is 22.9. The predicted octanol–water partition coefficient (Wildman–Crippen LogP) is -1.59. The molecule has 0 aromatic rings. The van der Waals surface area contributed by atoms with Gasteiger partial charge in [0, 0.05) is 25.2 Å². The van der Waals surface area contributed by atoms with Crippen molar-refractivity contribution < 1.29 is 8.42 Å². The zero-order chi connectivity index (χ0) is 10.9. The fraction of sp³-hybridized carbons (Fsp3) is 1.00. The van der Waals surface area contributed by atoms with Crippen LogP contribution < -0.4 is 11.1 Å². The fourth-order valence-corrected chi connectivity index (χ4v) is 4.35. The molecule has 0 radical (unpaired) electrons. The third kappa shape index (κ3) is 2.69. The number of hydrogen-bond acceptors (Lipinski definition) is 5. The van der Waals surface area contributed by atoms with Gasteiger partial charge in [0.1, 0.15) is 0 Å². The summed E-state index contributed by atoms with van der Waals surface area (Å²) in [5, 5.41) is 3.30. The number of rotatable bonds is 1. The number of sulfone groups is 1. The lowest BCUT2D eigenvalue weighted by Gasteiger charge is -2.28. The van der Waals surface area contributed by atoms with E-state index in [1.165, 1.54) is 0 Å². The van der Waals surface area contributed by atoms with Crippen molar-refractivity contribution in [3.8, 4) is 0 Å². The first-order valence-corrected chi connectivity index (χ1v) is 7.31. The van der Waals surface area contributed by atoms with Gasteiger partial charge in [0.25, 0.3) is 0 Å². The summed E-state index contributed by atoms with van der Waals surface area (Å²) >= 11 is 0. The van der Waals surface area contributed by atoms with Crippen molar-refractivity contribution in [3.05, 3.63) is 0 Å². The van der Waals surface area contributed by atoms with Crippen LogP contribution in [-0.4, -0.2) is 63.1 Å². The molecule has 2 aliphatic rings. The maximum absolute atomic E-state index is 11.5. The van der Waals surface area contributed by atoms with Gasteiger partial charge in [0.2, 0.25) is 0 Å². The molecule has 2 heterocycles. The number of nitrogens with one attached hydrogen (secondary N) is 1. The van der Waals surface area contributed by atoms with Crippen LogP contribution in [0.4, 0.5) is 0 Å². The highest BCUT2D eigenvalue weighted by Crippen LogP contribution is 2.17. The SMILES string of the molecule is NC1CS(=O)(=O)CC1N1CCCNCC1. The lowest BCUT2D eigenvalue weighted by atomic mass is 10.1. The summed E-state index contributed by atoms with van der Waals surface area (Å²) in [5.74, 6) is 0.399. The van der Waals surface area contributed by atoms with Gasteiger partial charge in [-0.1, -0.05) is 0 Å². The van der Waals surface area contributed by atoms with Crippen molar-refractivity contribution in [1.29, 1.82) is 0 Å². The Hall–Kier alpha value is -0.170. The maximum Gasteiger partial charge on any atom is 0.153 e. The molecule has 2 unspecified atom stereocenters. The highest BCUT2D eigenvalue weighted by Gasteiger charge is 2.38. The first-order chi connectivity index (χ1) is 7.08. The first-order valence-electron chi connectivity index (χ1n) is 5.49. The van der Waals surface area contributed by atoms with Gasteiger partial charge in [-0.2, -0.15) is 0 Å². The quantitative estimate of drug-likeness (QED) is 0.571. The van der Waals surface area contributed by atoms with Gasteiger partial charge in [-0.25, -0.2) is 8.42 Å². The minimum atomic E-state index is -2.89. The van der Waals surface area contributed by atoms with Crippen LogP contribution in [0, 0.1) is 0 Å². The van der Waals surface area contributed by atoms with Gasteiger partial charge in [-0.3, -0.25) is 4.90 Å². The van der Waals surface area contributed by atoms with Crippen LogP contribution in [0.25, 0.3) is 0 Å². The van der Waals surface area contributed by atoms with Crippen LogP contribution in [0.2, 0.25) is 0 Å². The van der Waals surface area contributed by atoms with Crippen molar-refractivity contribution in [2.45, 2.75) is 18.5 Å². The van der Waals surface area contributed by atoms with Crippen LogP contribution in [0.15, 0.2) is 0 Å². The van der Waals surface area contributed by atoms with E-state index >= 15 is 0 Å². The van der Waals surface area contributed by atoms with E-state index in [1.807, 2.05) is 0 Å². The fourth-order valence-electron chi connectivity index (χ4n) is 2.43. The number of nitrogens with zero attached hydrogens (tertiary/aromatic N) is 1. The Labute approximate surface area is 90.9 Å².